The molecule has 1 aromatic heterocycles. The van der Waals surface area contributed by atoms with Gasteiger partial charge in [0.1, 0.15) is 16.0 Å². The normalized spacial score (nSPS) is 19.8. The smallest absolute Gasteiger partial charge is 0.410 e. The lowest BCUT2D eigenvalue weighted by molar-refractivity contribution is -0.127. The molecule has 2 N–H and O–H groups in total. The van der Waals surface area contributed by atoms with Crippen LogP contribution in [0.15, 0.2) is 41.1 Å². The predicted molar refractivity (Wildman–Crippen MR) is 127 cm³/mol. The number of carbonyl (C=O) groups excluding carboxylic acids is 2. The molecule has 32 heavy (non-hydrogen) atoms. The summed E-state index contributed by atoms with van der Waals surface area (Å²) >= 11 is 3.41. The van der Waals surface area contributed by atoms with Crippen molar-refractivity contribution >= 4 is 27.9 Å². The standard InChI is InChI=1S/C24H33BrN4O3/c1-24(2,3)32-23(31)29(4)18-12-10-17(11-13-18)22(30)27-19(21-26-15-20(25)28-21)14-16-8-6-5-7-9-16/h5-9,15,17-19H,10-14H2,1-4H3,(H,26,28)(H,27,30)/t17?,18?,19-/m0/s1. The lowest BCUT2D eigenvalue weighted by Gasteiger charge is -2.35. The van der Waals surface area contributed by atoms with Crippen LogP contribution in [0, 0.1) is 5.92 Å². The molecule has 0 aliphatic heterocycles. The van der Waals surface area contributed by atoms with E-state index in [1.807, 2.05) is 39.0 Å². The molecule has 0 saturated heterocycles. The molecule has 1 atom stereocenters. The molecule has 1 aliphatic carbocycles. The van der Waals surface area contributed by atoms with Crippen LogP contribution < -0.4 is 5.32 Å². The molecule has 2 aromatic rings. The first-order valence-electron chi connectivity index (χ1n) is 11.1. The number of rotatable bonds is 6. The first kappa shape index (κ1) is 24.3. The fraction of sp³-hybridized carbons (Fsp3) is 0.542. The fourth-order valence-electron chi connectivity index (χ4n) is 4.05. The Bertz CT molecular complexity index is 901. The summed E-state index contributed by atoms with van der Waals surface area (Å²) in [6.45, 7) is 5.59. The average molecular weight is 505 g/mol. The highest BCUT2D eigenvalue weighted by Gasteiger charge is 2.33. The van der Waals surface area contributed by atoms with E-state index in [1.54, 1.807) is 18.1 Å². The lowest BCUT2D eigenvalue weighted by Crippen LogP contribution is -2.44. The van der Waals surface area contributed by atoms with Gasteiger partial charge in [0.25, 0.3) is 0 Å². The number of halogens is 1. The predicted octanol–water partition coefficient (Wildman–Crippen LogP) is 5.00. The first-order valence-corrected chi connectivity index (χ1v) is 11.9. The largest absolute Gasteiger partial charge is 0.444 e. The van der Waals surface area contributed by atoms with E-state index in [-0.39, 0.29) is 30.0 Å². The molecule has 0 bridgehead atoms. The quantitative estimate of drug-likeness (QED) is 0.579. The first-order chi connectivity index (χ1) is 15.1. The van der Waals surface area contributed by atoms with Crippen LogP contribution in [-0.4, -0.2) is 45.6 Å². The van der Waals surface area contributed by atoms with Gasteiger partial charge in [-0.05, 0) is 74.4 Å². The third-order valence-corrected chi connectivity index (χ3v) is 6.19. The number of H-pyrrole nitrogens is 1. The van der Waals surface area contributed by atoms with Crippen molar-refractivity contribution < 1.29 is 14.3 Å². The summed E-state index contributed by atoms with van der Waals surface area (Å²) in [5, 5.41) is 3.20. The van der Waals surface area contributed by atoms with Crippen molar-refractivity contribution in [1.82, 2.24) is 20.2 Å². The van der Waals surface area contributed by atoms with E-state index in [4.69, 9.17) is 4.74 Å². The number of ether oxygens (including phenoxy) is 1. The zero-order chi connectivity index (χ0) is 23.3. The Hall–Kier alpha value is -2.35. The van der Waals surface area contributed by atoms with Crippen LogP contribution in [-0.2, 0) is 16.0 Å². The van der Waals surface area contributed by atoms with Gasteiger partial charge in [0.2, 0.25) is 5.91 Å². The number of amides is 2. The van der Waals surface area contributed by atoms with Crippen LogP contribution >= 0.6 is 15.9 Å². The molecule has 3 rings (SSSR count). The van der Waals surface area contributed by atoms with Crippen LogP contribution in [0.1, 0.15) is 63.9 Å². The SMILES string of the molecule is CN(C(=O)OC(C)(C)C)C1CCC(C(=O)N[C@@H](Cc2ccccc2)c2ncc(Br)[nH]2)CC1. The van der Waals surface area contributed by atoms with E-state index in [9.17, 15) is 9.59 Å². The third-order valence-electron chi connectivity index (χ3n) is 5.79. The summed E-state index contributed by atoms with van der Waals surface area (Å²) in [6.07, 6.45) is 5.09. The van der Waals surface area contributed by atoms with Crippen molar-refractivity contribution in [2.75, 3.05) is 7.05 Å². The van der Waals surface area contributed by atoms with Gasteiger partial charge >= 0.3 is 6.09 Å². The molecule has 1 aromatic carbocycles. The molecule has 1 aliphatic rings. The number of aromatic amines is 1. The van der Waals surface area contributed by atoms with Gasteiger partial charge in [-0.1, -0.05) is 30.3 Å². The van der Waals surface area contributed by atoms with Gasteiger partial charge in [-0.3, -0.25) is 4.79 Å². The fourth-order valence-corrected chi connectivity index (χ4v) is 4.36. The Kier molecular flexibility index (Phi) is 7.98. The van der Waals surface area contributed by atoms with Gasteiger partial charge in [0.15, 0.2) is 0 Å². The minimum atomic E-state index is -0.517. The molecule has 1 fully saturated rings. The van der Waals surface area contributed by atoms with Gasteiger partial charge < -0.3 is 19.9 Å². The van der Waals surface area contributed by atoms with Gasteiger partial charge in [-0.15, -0.1) is 0 Å². The monoisotopic (exact) mass is 504 g/mol. The Morgan fingerprint density at radius 2 is 1.88 bits per heavy atom. The second kappa shape index (κ2) is 10.5. The van der Waals surface area contributed by atoms with Gasteiger partial charge in [-0.2, -0.15) is 0 Å². The summed E-state index contributed by atoms with van der Waals surface area (Å²) < 4.78 is 6.26. The molecular formula is C24H33BrN4O3. The zero-order valence-corrected chi connectivity index (χ0v) is 20.8. The second-order valence-electron chi connectivity index (χ2n) is 9.46. The van der Waals surface area contributed by atoms with Gasteiger partial charge in [-0.25, -0.2) is 9.78 Å². The lowest BCUT2D eigenvalue weighted by atomic mass is 9.84. The molecule has 1 saturated carbocycles. The Balaban J connectivity index is 1.58. The minimum absolute atomic E-state index is 0.0387. The summed E-state index contributed by atoms with van der Waals surface area (Å²) in [5.74, 6) is 0.694. The number of imidazole rings is 1. The zero-order valence-electron chi connectivity index (χ0n) is 19.2. The van der Waals surface area contributed by atoms with Gasteiger partial charge in [0.05, 0.1) is 12.2 Å². The molecule has 0 unspecified atom stereocenters. The van der Waals surface area contributed by atoms with Crippen LogP contribution in [0.25, 0.3) is 0 Å². The Labute approximate surface area is 198 Å². The highest BCUT2D eigenvalue weighted by Crippen LogP contribution is 2.29. The minimum Gasteiger partial charge on any atom is -0.444 e. The van der Waals surface area contributed by atoms with E-state index in [0.29, 0.717) is 6.42 Å². The van der Waals surface area contributed by atoms with Crippen molar-refractivity contribution in [3.8, 4) is 0 Å². The highest BCUT2D eigenvalue weighted by molar-refractivity contribution is 9.10. The molecular weight excluding hydrogens is 472 g/mol. The van der Waals surface area contributed by atoms with Crippen LogP contribution in [0.2, 0.25) is 0 Å². The molecule has 2 amide bonds. The third kappa shape index (κ3) is 6.82. The molecule has 8 heteroatoms. The maximum atomic E-state index is 13.1. The van der Waals surface area contributed by atoms with E-state index in [2.05, 4.69) is 43.3 Å². The molecule has 0 radical (unpaired) electrons. The highest BCUT2D eigenvalue weighted by atomic mass is 79.9. The number of hydrogen-bond acceptors (Lipinski definition) is 4. The van der Waals surface area contributed by atoms with Crippen molar-refractivity contribution in [3.63, 3.8) is 0 Å². The molecule has 0 spiro atoms. The topological polar surface area (TPSA) is 87.3 Å². The van der Waals surface area contributed by atoms with Crippen molar-refractivity contribution in [2.45, 2.75) is 70.6 Å². The maximum absolute atomic E-state index is 13.1. The summed E-state index contributed by atoms with van der Waals surface area (Å²) in [7, 11) is 1.78. The van der Waals surface area contributed by atoms with Crippen molar-refractivity contribution in [1.29, 1.82) is 0 Å². The summed E-state index contributed by atoms with van der Waals surface area (Å²) in [4.78, 5) is 34.8. The van der Waals surface area contributed by atoms with E-state index >= 15 is 0 Å². The maximum Gasteiger partial charge on any atom is 0.410 e. The number of benzene rings is 1. The molecule has 174 valence electrons. The van der Waals surface area contributed by atoms with Crippen LogP contribution in [0.4, 0.5) is 4.79 Å². The number of carbonyl (C=O) groups is 2. The van der Waals surface area contributed by atoms with Crippen molar-refractivity contribution in [2.24, 2.45) is 5.92 Å². The van der Waals surface area contributed by atoms with Gasteiger partial charge in [0, 0.05) is 19.0 Å². The van der Waals surface area contributed by atoms with Crippen LogP contribution in [0.3, 0.4) is 0 Å². The summed E-state index contributed by atoms with van der Waals surface area (Å²) in [6, 6.07) is 9.92. The molecule has 1 heterocycles. The second-order valence-corrected chi connectivity index (χ2v) is 10.3. The summed E-state index contributed by atoms with van der Waals surface area (Å²) in [5.41, 5.74) is 0.616. The average Bonchev–Trinajstić information content (AvgIpc) is 3.18. The van der Waals surface area contributed by atoms with E-state index in [0.717, 1.165) is 41.7 Å². The number of hydrogen-bond donors (Lipinski definition) is 2. The number of nitrogens with one attached hydrogen (secondary N) is 2. The van der Waals surface area contributed by atoms with E-state index in [1.165, 1.54) is 0 Å². The number of nitrogens with zero attached hydrogens (tertiary/aromatic N) is 2. The van der Waals surface area contributed by atoms with Crippen molar-refractivity contribution in [3.05, 3.63) is 52.5 Å². The molecule has 7 nitrogen and oxygen atoms in total. The number of aromatic nitrogens is 2. The van der Waals surface area contributed by atoms with Crippen LogP contribution in [0.5, 0.6) is 0 Å². The Morgan fingerprint density at radius 1 is 1.22 bits per heavy atom. The Morgan fingerprint density at radius 3 is 2.44 bits per heavy atom. The van der Waals surface area contributed by atoms with E-state index < -0.39 is 5.60 Å².